The topological polar surface area (TPSA) is 177 Å². The van der Waals surface area contributed by atoms with Gasteiger partial charge in [-0.1, -0.05) is 20.3 Å². The van der Waals surface area contributed by atoms with Crippen molar-refractivity contribution < 1.29 is 24.3 Å². The van der Waals surface area contributed by atoms with Gasteiger partial charge in [-0.05, 0) is 57.1 Å². The van der Waals surface area contributed by atoms with Crippen molar-refractivity contribution in [1.29, 1.82) is 0 Å². The molecule has 0 heterocycles. The van der Waals surface area contributed by atoms with Crippen LogP contribution in [0.4, 0.5) is 0 Å². The van der Waals surface area contributed by atoms with Crippen LogP contribution < -0.4 is 27.4 Å². The number of thioether (sulfide) groups is 1. The Kier molecular flexibility index (Phi) is 14.9. The van der Waals surface area contributed by atoms with Crippen LogP contribution in [0.25, 0.3) is 0 Å². The molecule has 0 spiro atoms. The summed E-state index contributed by atoms with van der Waals surface area (Å²) in [6.45, 7) is 5.70. The van der Waals surface area contributed by atoms with E-state index >= 15 is 0 Å². The summed E-state index contributed by atoms with van der Waals surface area (Å²) in [5, 5.41) is 16.9. The van der Waals surface area contributed by atoms with Gasteiger partial charge in [0.2, 0.25) is 17.7 Å². The van der Waals surface area contributed by atoms with Crippen LogP contribution in [-0.2, 0) is 19.2 Å². The van der Waals surface area contributed by atoms with Gasteiger partial charge in [-0.3, -0.25) is 14.4 Å². The summed E-state index contributed by atoms with van der Waals surface area (Å²) in [7, 11) is 0. The van der Waals surface area contributed by atoms with Crippen LogP contribution in [0.5, 0.6) is 0 Å². The zero-order valence-electron chi connectivity index (χ0n) is 19.0. The summed E-state index contributed by atoms with van der Waals surface area (Å²) >= 11 is 1.52. The second-order valence-electron chi connectivity index (χ2n) is 7.99. The molecule has 4 atom stereocenters. The van der Waals surface area contributed by atoms with E-state index in [1.54, 1.807) is 0 Å². The van der Waals surface area contributed by atoms with E-state index in [9.17, 15) is 24.3 Å². The Morgan fingerprint density at radius 2 is 1.52 bits per heavy atom. The standard InChI is InChI=1S/C20H39N5O5S/c1-12(2)11-16(20(29)30)25-17(26)13(3)23-19(28)15(8-10-31-4)24-18(27)14(22)7-5-6-9-21/h12-16H,5-11,21-22H2,1-4H3,(H,23,28)(H,24,27)(H,25,26)(H,29,30). The van der Waals surface area contributed by atoms with Gasteiger partial charge in [-0.25, -0.2) is 4.79 Å². The predicted molar refractivity (Wildman–Crippen MR) is 122 cm³/mol. The number of nitrogens with two attached hydrogens (primary N) is 2. The van der Waals surface area contributed by atoms with E-state index in [4.69, 9.17) is 11.5 Å². The van der Waals surface area contributed by atoms with Crippen LogP contribution in [-0.4, -0.2) is 71.5 Å². The summed E-state index contributed by atoms with van der Waals surface area (Å²) in [5.74, 6) is -1.99. The number of hydrogen-bond acceptors (Lipinski definition) is 7. The summed E-state index contributed by atoms with van der Waals surface area (Å²) in [4.78, 5) is 48.8. The van der Waals surface area contributed by atoms with Gasteiger partial charge in [0.1, 0.15) is 18.1 Å². The molecule has 0 radical (unpaired) electrons. The fourth-order valence-electron chi connectivity index (χ4n) is 2.79. The van der Waals surface area contributed by atoms with Gasteiger partial charge in [0, 0.05) is 0 Å². The lowest BCUT2D eigenvalue weighted by atomic mass is 10.0. The average Bonchev–Trinajstić information content (AvgIpc) is 2.69. The summed E-state index contributed by atoms with van der Waals surface area (Å²) < 4.78 is 0. The molecule has 0 bridgehead atoms. The molecule has 10 nitrogen and oxygen atoms in total. The number of amides is 3. The average molecular weight is 462 g/mol. The van der Waals surface area contributed by atoms with Crippen LogP contribution in [0.2, 0.25) is 0 Å². The lowest BCUT2D eigenvalue weighted by molar-refractivity contribution is -0.142. The maximum atomic E-state index is 12.7. The highest BCUT2D eigenvalue weighted by Crippen LogP contribution is 2.06. The molecular formula is C20H39N5O5S. The molecule has 8 N–H and O–H groups in total. The molecule has 0 saturated carbocycles. The Morgan fingerprint density at radius 3 is 2.03 bits per heavy atom. The van der Waals surface area contributed by atoms with E-state index < -0.39 is 47.9 Å². The molecule has 0 fully saturated rings. The third-order valence-electron chi connectivity index (χ3n) is 4.62. The highest BCUT2D eigenvalue weighted by molar-refractivity contribution is 7.98. The van der Waals surface area contributed by atoms with E-state index in [0.717, 1.165) is 6.42 Å². The first-order chi connectivity index (χ1) is 14.5. The summed E-state index contributed by atoms with van der Waals surface area (Å²) in [6.07, 6.45) is 4.46. The normalized spacial score (nSPS) is 14.9. The van der Waals surface area contributed by atoms with E-state index in [0.29, 0.717) is 31.6 Å². The van der Waals surface area contributed by atoms with E-state index in [-0.39, 0.29) is 12.3 Å². The third-order valence-corrected chi connectivity index (χ3v) is 5.27. The second-order valence-corrected chi connectivity index (χ2v) is 8.98. The minimum Gasteiger partial charge on any atom is -0.480 e. The maximum Gasteiger partial charge on any atom is 0.326 e. The number of nitrogens with one attached hydrogen (secondary N) is 3. The molecule has 0 rings (SSSR count). The number of carbonyl (C=O) groups is 4. The second kappa shape index (κ2) is 15.9. The zero-order valence-corrected chi connectivity index (χ0v) is 19.8. The van der Waals surface area contributed by atoms with E-state index in [1.165, 1.54) is 18.7 Å². The van der Waals surface area contributed by atoms with Crippen molar-refractivity contribution in [1.82, 2.24) is 16.0 Å². The van der Waals surface area contributed by atoms with Gasteiger partial charge in [-0.15, -0.1) is 0 Å². The van der Waals surface area contributed by atoms with Crippen LogP contribution >= 0.6 is 11.8 Å². The highest BCUT2D eigenvalue weighted by Gasteiger charge is 2.28. The number of rotatable bonds is 16. The number of carbonyl (C=O) groups excluding carboxylic acids is 3. The first kappa shape index (κ1) is 29.1. The zero-order chi connectivity index (χ0) is 24.0. The Labute approximate surface area is 189 Å². The first-order valence-corrected chi connectivity index (χ1v) is 12.0. The molecule has 0 aromatic carbocycles. The Bertz CT molecular complexity index is 590. The van der Waals surface area contributed by atoms with Crippen molar-refractivity contribution in [2.75, 3.05) is 18.6 Å². The maximum absolute atomic E-state index is 12.7. The van der Waals surface area contributed by atoms with Crippen molar-refractivity contribution in [2.45, 2.75) is 77.0 Å². The van der Waals surface area contributed by atoms with Gasteiger partial charge in [0.25, 0.3) is 0 Å². The molecule has 180 valence electrons. The fourth-order valence-corrected chi connectivity index (χ4v) is 3.26. The fraction of sp³-hybridized carbons (Fsp3) is 0.800. The largest absolute Gasteiger partial charge is 0.480 e. The van der Waals surface area contributed by atoms with E-state index in [2.05, 4.69) is 16.0 Å². The molecule has 0 aromatic rings. The van der Waals surface area contributed by atoms with Crippen LogP contribution in [0.3, 0.4) is 0 Å². The lowest BCUT2D eigenvalue weighted by Gasteiger charge is -2.24. The first-order valence-electron chi connectivity index (χ1n) is 10.6. The SMILES string of the molecule is CSCCC(NC(=O)C(N)CCCCN)C(=O)NC(C)C(=O)NC(CC(C)C)C(=O)O. The smallest absolute Gasteiger partial charge is 0.326 e. The molecule has 0 aliphatic heterocycles. The van der Waals surface area contributed by atoms with Crippen molar-refractivity contribution in [2.24, 2.45) is 17.4 Å². The lowest BCUT2D eigenvalue weighted by Crippen LogP contribution is -2.56. The van der Waals surface area contributed by atoms with Gasteiger partial charge in [0.15, 0.2) is 0 Å². The van der Waals surface area contributed by atoms with Crippen LogP contribution in [0.15, 0.2) is 0 Å². The molecule has 31 heavy (non-hydrogen) atoms. The van der Waals surface area contributed by atoms with Crippen molar-refractivity contribution >= 4 is 35.5 Å². The molecule has 4 unspecified atom stereocenters. The minimum atomic E-state index is -1.13. The Morgan fingerprint density at radius 1 is 0.903 bits per heavy atom. The van der Waals surface area contributed by atoms with Gasteiger partial charge in [-0.2, -0.15) is 11.8 Å². The summed E-state index contributed by atoms with van der Waals surface area (Å²) in [6, 6.07) is -3.59. The van der Waals surface area contributed by atoms with Gasteiger partial charge in [0.05, 0.1) is 6.04 Å². The third kappa shape index (κ3) is 12.6. The number of carboxylic acids is 1. The minimum absolute atomic E-state index is 0.0755. The van der Waals surface area contributed by atoms with Crippen LogP contribution in [0.1, 0.15) is 52.9 Å². The molecular weight excluding hydrogens is 422 g/mol. The molecule has 0 aliphatic rings. The highest BCUT2D eigenvalue weighted by atomic mass is 32.2. The van der Waals surface area contributed by atoms with Gasteiger partial charge < -0.3 is 32.5 Å². The van der Waals surface area contributed by atoms with Crippen LogP contribution in [0, 0.1) is 5.92 Å². The number of aliphatic carboxylic acids is 1. The van der Waals surface area contributed by atoms with Crippen molar-refractivity contribution in [3.05, 3.63) is 0 Å². The number of unbranched alkanes of at least 4 members (excludes halogenated alkanes) is 1. The summed E-state index contributed by atoms with van der Waals surface area (Å²) in [5.41, 5.74) is 11.3. The Hall–Kier alpha value is -1.85. The quantitative estimate of drug-likeness (QED) is 0.171. The monoisotopic (exact) mass is 461 g/mol. The van der Waals surface area contributed by atoms with Crippen molar-refractivity contribution in [3.63, 3.8) is 0 Å². The molecule has 11 heteroatoms. The molecule has 3 amide bonds. The predicted octanol–water partition coefficient (Wildman–Crippen LogP) is -0.199. The molecule has 0 saturated heterocycles. The van der Waals surface area contributed by atoms with Crippen molar-refractivity contribution in [3.8, 4) is 0 Å². The molecule has 0 aromatic heterocycles. The number of carboxylic acid groups (broad SMARTS) is 1. The number of hydrogen-bond donors (Lipinski definition) is 6. The van der Waals surface area contributed by atoms with E-state index in [1.807, 2.05) is 20.1 Å². The molecule has 0 aliphatic carbocycles. The van der Waals surface area contributed by atoms with Gasteiger partial charge >= 0.3 is 5.97 Å². The Balaban J connectivity index is 4.95.